The van der Waals surface area contributed by atoms with Crippen molar-refractivity contribution in [3.8, 4) is 0 Å². The molecule has 4 heteroatoms. The second-order valence-electron chi connectivity index (χ2n) is 6.84. The van der Waals surface area contributed by atoms with E-state index in [9.17, 15) is 4.39 Å². The number of nitrogens with zero attached hydrogens (tertiary/aromatic N) is 1. The van der Waals surface area contributed by atoms with Crippen molar-refractivity contribution in [2.24, 2.45) is 5.92 Å². The molecule has 1 aliphatic carbocycles. The second kappa shape index (κ2) is 5.98. The highest BCUT2D eigenvalue weighted by Crippen LogP contribution is 2.38. The topological polar surface area (TPSA) is 15.3 Å². The van der Waals surface area contributed by atoms with Crippen LogP contribution in [0.15, 0.2) is 22.7 Å². The normalized spacial score (nSPS) is 30.6. The third-order valence-corrected chi connectivity index (χ3v) is 5.59. The second-order valence-corrected chi connectivity index (χ2v) is 7.76. The van der Waals surface area contributed by atoms with E-state index in [1.807, 2.05) is 12.1 Å². The van der Waals surface area contributed by atoms with Gasteiger partial charge in [0.15, 0.2) is 0 Å². The molecule has 1 aromatic carbocycles. The molecule has 2 nitrogen and oxygen atoms in total. The van der Waals surface area contributed by atoms with Gasteiger partial charge in [-0.25, -0.2) is 4.39 Å². The van der Waals surface area contributed by atoms with Gasteiger partial charge < -0.3 is 5.32 Å². The smallest absolute Gasteiger partial charge is 0.128 e. The molecule has 1 heterocycles. The van der Waals surface area contributed by atoms with Crippen molar-refractivity contribution < 1.29 is 4.39 Å². The van der Waals surface area contributed by atoms with Crippen molar-refractivity contribution in [1.82, 2.24) is 10.2 Å². The molecule has 2 aliphatic rings. The summed E-state index contributed by atoms with van der Waals surface area (Å²) in [6, 6.07) is 5.98. The van der Waals surface area contributed by atoms with Gasteiger partial charge in [0.05, 0.1) is 0 Å². The molecule has 0 aromatic heterocycles. The predicted molar refractivity (Wildman–Crippen MR) is 87.7 cm³/mol. The molecule has 1 saturated heterocycles. The maximum Gasteiger partial charge on any atom is 0.128 e. The fourth-order valence-electron chi connectivity index (χ4n) is 3.33. The van der Waals surface area contributed by atoms with E-state index in [0.717, 1.165) is 42.0 Å². The van der Waals surface area contributed by atoms with Gasteiger partial charge in [0, 0.05) is 41.3 Å². The molecule has 0 radical (unpaired) electrons. The molecule has 3 rings (SSSR count). The van der Waals surface area contributed by atoms with Crippen LogP contribution in [-0.2, 0) is 6.54 Å². The van der Waals surface area contributed by atoms with Crippen LogP contribution in [0.25, 0.3) is 0 Å². The zero-order valence-corrected chi connectivity index (χ0v) is 14.4. The average molecular weight is 355 g/mol. The van der Waals surface area contributed by atoms with Gasteiger partial charge in [-0.2, -0.15) is 0 Å². The van der Waals surface area contributed by atoms with Crippen molar-refractivity contribution in [3.05, 3.63) is 34.1 Å². The van der Waals surface area contributed by atoms with Gasteiger partial charge >= 0.3 is 0 Å². The first-order valence-electron chi connectivity index (χ1n) is 7.94. The maximum absolute atomic E-state index is 14.2. The van der Waals surface area contributed by atoms with Gasteiger partial charge in [-0.1, -0.05) is 28.9 Å². The van der Waals surface area contributed by atoms with Crippen LogP contribution in [0.3, 0.4) is 0 Å². The molecule has 0 bridgehead atoms. The first kappa shape index (κ1) is 15.4. The minimum atomic E-state index is -0.101. The lowest BCUT2D eigenvalue weighted by Gasteiger charge is -2.46. The highest BCUT2D eigenvalue weighted by Gasteiger charge is 2.41. The van der Waals surface area contributed by atoms with Gasteiger partial charge in [-0.3, -0.25) is 4.90 Å². The number of halogens is 2. The first-order chi connectivity index (χ1) is 10.0. The Morgan fingerprint density at radius 1 is 1.43 bits per heavy atom. The van der Waals surface area contributed by atoms with Gasteiger partial charge in [0.25, 0.3) is 0 Å². The predicted octanol–water partition coefficient (Wildman–Crippen LogP) is 3.94. The Balaban J connectivity index is 1.78. The number of benzene rings is 1. The van der Waals surface area contributed by atoms with Crippen LogP contribution in [0.4, 0.5) is 4.39 Å². The molecule has 1 saturated carbocycles. The number of hydrogen-bond acceptors (Lipinski definition) is 2. The lowest BCUT2D eigenvalue weighted by atomic mass is 9.91. The van der Waals surface area contributed by atoms with E-state index >= 15 is 0 Å². The van der Waals surface area contributed by atoms with Crippen LogP contribution in [0.1, 0.15) is 38.7 Å². The summed E-state index contributed by atoms with van der Waals surface area (Å²) < 4.78 is 15.0. The Labute approximate surface area is 135 Å². The summed E-state index contributed by atoms with van der Waals surface area (Å²) in [5, 5.41) is 3.71. The Kier molecular flexibility index (Phi) is 4.40. The SMILES string of the molecule is CCC1(C)CN(Cc2ccc(Br)cc2F)C(C2CC2)CN1. The van der Waals surface area contributed by atoms with Crippen molar-refractivity contribution >= 4 is 15.9 Å². The van der Waals surface area contributed by atoms with Crippen molar-refractivity contribution in [2.75, 3.05) is 13.1 Å². The van der Waals surface area contributed by atoms with Gasteiger partial charge in [0.2, 0.25) is 0 Å². The lowest BCUT2D eigenvalue weighted by Crippen LogP contribution is -2.62. The Morgan fingerprint density at radius 3 is 2.81 bits per heavy atom. The molecule has 1 aromatic rings. The molecule has 116 valence electrons. The van der Waals surface area contributed by atoms with Gasteiger partial charge in [-0.05, 0) is 44.2 Å². The van der Waals surface area contributed by atoms with Crippen LogP contribution in [0.2, 0.25) is 0 Å². The molecule has 1 N–H and O–H groups in total. The standard InChI is InChI=1S/C17H24BrFN2/c1-3-17(2)11-21(16(9-20-17)12-4-5-12)10-13-6-7-14(18)8-15(13)19/h6-8,12,16,20H,3-5,9-11H2,1-2H3. The molecule has 0 spiro atoms. The summed E-state index contributed by atoms with van der Waals surface area (Å²) >= 11 is 3.33. The van der Waals surface area contributed by atoms with E-state index < -0.39 is 0 Å². The molecule has 1 aliphatic heterocycles. The summed E-state index contributed by atoms with van der Waals surface area (Å²) in [6.45, 7) is 7.26. The lowest BCUT2D eigenvalue weighted by molar-refractivity contribution is 0.0653. The van der Waals surface area contributed by atoms with E-state index in [1.165, 1.54) is 12.8 Å². The monoisotopic (exact) mass is 354 g/mol. The highest BCUT2D eigenvalue weighted by molar-refractivity contribution is 9.10. The summed E-state index contributed by atoms with van der Waals surface area (Å²) in [7, 11) is 0. The minimum Gasteiger partial charge on any atom is -0.309 e. The molecule has 2 unspecified atom stereocenters. The Hall–Kier alpha value is -0.450. The summed E-state index contributed by atoms with van der Waals surface area (Å²) in [5.41, 5.74) is 0.959. The van der Waals surface area contributed by atoms with Gasteiger partial charge in [-0.15, -0.1) is 0 Å². The molecule has 2 fully saturated rings. The van der Waals surface area contributed by atoms with Crippen LogP contribution in [0.5, 0.6) is 0 Å². The molecular formula is C17H24BrFN2. The van der Waals surface area contributed by atoms with Crippen LogP contribution < -0.4 is 5.32 Å². The number of hydrogen-bond donors (Lipinski definition) is 1. The third-order valence-electron chi connectivity index (χ3n) is 5.09. The average Bonchev–Trinajstić information content (AvgIpc) is 3.27. The maximum atomic E-state index is 14.2. The van der Waals surface area contributed by atoms with E-state index in [2.05, 4.69) is 40.0 Å². The van der Waals surface area contributed by atoms with E-state index in [4.69, 9.17) is 0 Å². The zero-order chi connectivity index (χ0) is 15.0. The fraction of sp³-hybridized carbons (Fsp3) is 0.647. The van der Waals surface area contributed by atoms with Crippen LogP contribution in [0, 0.1) is 11.7 Å². The van der Waals surface area contributed by atoms with E-state index in [1.54, 1.807) is 6.07 Å². The number of nitrogens with one attached hydrogen (secondary N) is 1. The first-order valence-corrected chi connectivity index (χ1v) is 8.73. The van der Waals surface area contributed by atoms with Crippen LogP contribution in [-0.4, -0.2) is 29.6 Å². The molecular weight excluding hydrogens is 331 g/mol. The largest absolute Gasteiger partial charge is 0.309 e. The van der Waals surface area contributed by atoms with Crippen molar-refractivity contribution in [2.45, 2.75) is 51.2 Å². The Bertz CT molecular complexity index is 518. The van der Waals surface area contributed by atoms with E-state index in [-0.39, 0.29) is 11.4 Å². The molecule has 2 atom stereocenters. The molecule has 21 heavy (non-hydrogen) atoms. The molecule has 0 amide bonds. The zero-order valence-electron chi connectivity index (χ0n) is 12.8. The summed E-state index contributed by atoms with van der Waals surface area (Å²) in [6.07, 6.45) is 3.76. The Morgan fingerprint density at radius 2 is 2.19 bits per heavy atom. The van der Waals surface area contributed by atoms with Crippen LogP contribution >= 0.6 is 15.9 Å². The van der Waals surface area contributed by atoms with E-state index in [0.29, 0.717) is 6.04 Å². The number of piperazine rings is 1. The highest BCUT2D eigenvalue weighted by atomic mass is 79.9. The number of rotatable bonds is 4. The fourth-order valence-corrected chi connectivity index (χ4v) is 3.66. The minimum absolute atomic E-state index is 0.101. The third kappa shape index (κ3) is 3.49. The quantitative estimate of drug-likeness (QED) is 0.880. The van der Waals surface area contributed by atoms with Crippen molar-refractivity contribution in [1.29, 1.82) is 0 Å². The summed E-state index contributed by atoms with van der Waals surface area (Å²) in [5.74, 6) is 0.702. The van der Waals surface area contributed by atoms with Gasteiger partial charge in [0.1, 0.15) is 5.82 Å². The summed E-state index contributed by atoms with van der Waals surface area (Å²) in [4.78, 5) is 2.50. The van der Waals surface area contributed by atoms with Crippen molar-refractivity contribution in [3.63, 3.8) is 0 Å².